The van der Waals surface area contributed by atoms with Crippen LogP contribution in [0.3, 0.4) is 0 Å². The predicted octanol–water partition coefficient (Wildman–Crippen LogP) is 4.39. The minimum absolute atomic E-state index is 0.433. The van der Waals surface area contributed by atoms with Crippen molar-refractivity contribution in [2.24, 2.45) is 7.05 Å². The Kier molecular flexibility index (Phi) is 6.34. The lowest BCUT2D eigenvalue weighted by atomic mass is 9.77. The van der Waals surface area contributed by atoms with E-state index in [0.717, 1.165) is 25.2 Å². The van der Waals surface area contributed by atoms with Gasteiger partial charge in [-0.25, -0.2) is 0 Å². The first kappa shape index (κ1) is 20.7. The Bertz CT molecular complexity index is 978. The smallest absolute Gasteiger partial charge is 0.145 e. The molecule has 3 aromatic carbocycles. The summed E-state index contributed by atoms with van der Waals surface area (Å²) in [7, 11) is 1.84. The quantitative estimate of drug-likeness (QED) is 0.282. The molecule has 0 unspecified atom stereocenters. The van der Waals surface area contributed by atoms with Crippen molar-refractivity contribution in [2.45, 2.75) is 12.0 Å². The summed E-state index contributed by atoms with van der Waals surface area (Å²) in [6.45, 7) is 1.63. The Balaban J connectivity index is 1.60. The van der Waals surface area contributed by atoms with Gasteiger partial charge in [0, 0.05) is 13.6 Å². The second-order valence-corrected chi connectivity index (χ2v) is 7.62. The molecule has 4 aromatic rings. The Morgan fingerprint density at radius 2 is 1.26 bits per heavy atom. The molecule has 0 bridgehead atoms. The van der Waals surface area contributed by atoms with E-state index in [1.165, 1.54) is 16.7 Å². The molecular formula is C26H29N5. The molecule has 0 aliphatic heterocycles. The number of benzene rings is 3. The molecule has 0 atom stereocenters. The molecule has 31 heavy (non-hydrogen) atoms. The molecule has 5 heteroatoms. The average Bonchev–Trinajstić information content (AvgIpc) is 3.15. The van der Waals surface area contributed by atoms with Crippen molar-refractivity contribution < 1.29 is 0 Å². The maximum atomic E-state index is 6.04. The van der Waals surface area contributed by atoms with Crippen molar-refractivity contribution in [1.29, 1.82) is 0 Å². The summed E-state index contributed by atoms with van der Waals surface area (Å²) < 4.78 is 1.67. The molecule has 0 saturated carbocycles. The zero-order valence-corrected chi connectivity index (χ0v) is 17.8. The van der Waals surface area contributed by atoms with Gasteiger partial charge in [0.1, 0.15) is 5.82 Å². The third-order valence-corrected chi connectivity index (χ3v) is 5.66. The summed E-state index contributed by atoms with van der Waals surface area (Å²) in [5, 5.41) is 11.5. The van der Waals surface area contributed by atoms with E-state index in [2.05, 4.69) is 107 Å². The first-order valence-corrected chi connectivity index (χ1v) is 10.6. The predicted molar refractivity (Wildman–Crippen MR) is 128 cm³/mol. The molecule has 0 aliphatic carbocycles. The van der Waals surface area contributed by atoms with Gasteiger partial charge in [0.05, 0.1) is 17.4 Å². The molecule has 0 radical (unpaired) electrons. The van der Waals surface area contributed by atoms with Gasteiger partial charge >= 0.3 is 0 Å². The van der Waals surface area contributed by atoms with E-state index < -0.39 is 5.54 Å². The third-order valence-electron chi connectivity index (χ3n) is 5.66. The molecule has 0 saturated heterocycles. The molecule has 0 spiro atoms. The lowest BCUT2D eigenvalue weighted by Gasteiger charge is -2.37. The maximum absolute atomic E-state index is 6.04. The fourth-order valence-corrected chi connectivity index (χ4v) is 4.04. The van der Waals surface area contributed by atoms with Gasteiger partial charge in [0.15, 0.2) is 0 Å². The molecule has 0 fully saturated rings. The van der Waals surface area contributed by atoms with Crippen LogP contribution < -0.4 is 16.4 Å². The number of nitrogens with two attached hydrogens (primary N) is 1. The Hall–Kier alpha value is -3.57. The highest BCUT2D eigenvalue weighted by molar-refractivity contribution is 5.60. The van der Waals surface area contributed by atoms with E-state index in [0.29, 0.717) is 5.82 Å². The van der Waals surface area contributed by atoms with Gasteiger partial charge in [-0.1, -0.05) is 91.0 Å². The summed E-state index contributed by atoms with van der Waals surface area (Å²) >= 11 is 0. The largest absolute Gasteiger partial charge is 0.382 e. The van der Waals surface area contributed by atoms with E-state index >= 15 is 0 Å². The molecule has 0 aliphatic rings. The van der Waals surface area contributed by atoms with Crippen LogP contribution >= 0.6 is 0 Å². The van der Waals surface area contributed by atoms with E-state index in [1.807, 2.05) is 7.05 Å². The molecule has 1 heterocycles. The van der Waals surface area contributed by atoms with E-state index in [9.17, 15) is 0 Å². The Morgan fingerprint density at radius 1 is 0.774 bits per heavy atom. The number of aryl methyl sites for hydroxylation is 1. The van der Waals surface area contributed by atoms with Crippen molar-refractivity contribution in [3.8, 4) is 0 Å². The van der Waals surface area contributed by atoms with Crippen molar-refractivity contribution in [1.82, 2.24) is 15.1 Å². The normalized spacial score (nSPS) is 11.4. The van der Waals surface area contributed by atoms with Crippen molar-refractivity contribution in [2.75, 3.05) is 24.1 Å². The highest BCUT2D eigenvalue weighted by Gasteiger charge is 2.35. The SMILES string of the molecule is Cn1ncc(NCCCNC(c2ccccc2)(c2ccccc2)c2ccccc2)c1N. The van der Waals surface area contributed by atoms with Crippen molar-refractivity contribution >= 4 is 11.5 Å². The van der Waals surface area contributed by atoms with Crippen LogP contribution in [0.5, 0.6) is 0 Å². The number of nitrogens with zero attached hydrogens (tertiary/aromatic N) is 2. The third kappa shape index (κ3) is 4.32. The molecule has 5 nitrogen and oxygen atoms in total. The second kappa shape index (κ2) is 9.49. The van der Waals surface area contributed by atoms with Gasteiger partial charge in [-0.15, -0.1) is 0 Å². The lowest BCUT2D eigenvalue weighted by Crippen LogP contribution is -2.45. The summed E-state index contributed by atoms with van der Waals surface area (Å²) in [5.74, 6) is 0.653. The van der Waals surface area contributed by atoms with Gasteiger partial charge in [-0.3, -0.25) is 10.00 Å². The summed E-state index contributed by atoms with van der Waals surface area (Å²) in [6, 6.07) is 32.0. The number of nitrogen functional groups attached to an aromatic ring is 1. The van der Waals surface area contributed by atoms with Gasteiger partial charge in [0.2, 0.25) is 0 Å². The molecule has 4 rings (SSSR count). The van der Waals surface area contributed by atoms with Crippen LogP contribution in [0.25, 0.3) is 0 Å². The molecule has 4 N–H and O–H groups in total. The van der Waals surface area contributed by atoms with Crippen LogP contribution in [0.2, 0.25) is 0 Å². The molecule has 1 aromatic heterocycles. The number of nitrogens with one attached hydrogen (secondary N) is 2. The first-order chi connectivity index (χ1) is 15.2. The van der Waals surface area contributed by atoms with Gasteiger partial charge < -0.3 is 11.1 Å². The highest BCUT2D eigenvalue weighted by atomic mass is 15.3. The number of hydrogen-bond donors (Lipinski definition) is 3. The number of aromatic nitrogens is 2. The Labute approximate surface area is 183 Å². The second-order valence-electron chi connectivity index (χ2n) is 7.62. The number of rotatable bonds is 9. The zero-order chi connectivity index (χ0) is 21.5. The molecular weight excluding hydrogens is 382 g/mol. The minimum atomic E-state index is -0.433. The summed E-state index contributed by atoms with van der Waals surface area (Å²) in [4.78, 5) is 0. The van der Waals surface area contributed by atoms with Gasteiger partial charge in [-0.05, 0) is 29.7 Å². The van der Waals surface area contributed by atoms with Crippen molar-refractivity contribution in [3.05, 3.63) is 114 Å². The van der Waals surface area contributed by atoms with Gasteiger partial charge in [-0.2, -0.15) is 5.10 Å². The Morgan fingerprint density at radius 3 is 1.68 bits per heavy atom. The molecule has 0 amide bonds. The standard InChI is InChI=1S/C26H29N5/c1-31-25(27)24(20-30-31)28-18-11-19-29-26(21-12-5-2-6-13-21,22-14-7-3-8-15-22)23-16-9-4-10-17-23/h2-10,12-17,20,28-29H,11,18-19,27H2,1H3. The number of hydrogen-bond acceptors (Lipinski definition) is 4. The van der Waals surface area contributed by atoms with Crippen LogP contribution in [0.4, 0.5) is 11.5 Å². The topological polar surface area (TPSA) is 67.9 Å². The summed E-state index contributed by atoms with van der Waals surface area (Å²) in [6.07, 6.45) is 2.70. The fraction of sp³-hybridized carbons (Fsp3) is 0.192. The molecule has 158 valence electrons. The zero-order valence-electron chi connectivity index (χ0n) is 17.8. The summed E-state index contributed by atoms with van der Waals surface area (Å²) in [5.41, 5.74) is 10.1. The minimum Gasteiger partial charge on any atom is -0.382 e. The van der Waals surface area contributed by atoms with Crippen molar-refractivity contribution in [3.63, 3.8) is 0 Å². The lowest BCUT2D eigenvalue weighted by molar-refractivity contribution is 0.469. The van der Waals surface area contributed by atoms with Crippen LogP contribution in [0, 0.1) is 0 Å². The van der Waals surface area contributed by atoms with E-state index in [4.69, 9.17) is 5.73 Å². The maximum Gasteiger partial charge on any atom is 0.145 e. The van der Waals surface area contributed by atoms with Crippen LogP contribution in [-0.2, 0) is 12.6 Å². The average molecular weight is 412 g/mol. The first-order valence-electron chi connectivity index (χ1n) is 10.6. The number of anilines is 2. The van der Waals surface area contributed by atoms with E-state index in [1.54, 1.807) is 10.9 Å². The monoisotopic (exact) mass is 411 g/mol. The fourth-order valence-electron chi connectivity index (χ4n) is 4.04. The van der Waals surface area contributed by atoms with E-state index in [-0.39, 0.29) is 0 Å². The van der Waals surface area contributed by atoms with Crippen LogP contribution in [0.15, 0.2) is 97.2 Å². The van der Waals surface area contributed by atoms with Crippen LogP contribution in [0.1, 0.15) is 23.1 Å². The van der Waals surface area contributed by atoms with Crippen LogP contribution in [-0.4, -0.2) is 22.9 Å². The van der Waals surface area contributed by atoms with Gasteiger partial charge in [0.25, 0.3) is 0 Å². The highest BCUT2D eigenvalue weighted by Crippen LogP contribution is 2.36.